The third-order valence-corrected chi connectivity index (χ3v) is 3.96. The molecule has 104 valence electrons. The van der Waals surface area contributed by atoms with Gasteiger partial charge in [-0.05, 0) is 26.3 Å². The molecule has 3 N–H and O–H groups in total. The number of rotatable bonds is 3. The highest BCUT2D eigenvalue weighted by molar-refractivity contribution is 5.83. The van der Waals surface area contributed by atoms with E-state index in [4.69, 9.17) is 5.73 Å². The molecule has 0 aliphatic carbocycles. The van der Waals surface area contributed by atoms with Crippen molar-refractivity contribution in [3.8, 4) is 0 Å². The quantitative estimate of drug-likeness (QED) is 0.862. The number of piperazine rings is 1. The second-order valence-corrected chi connectivity index (χ2v) is 5.78. The average Bonchev–Trinajstić information content (AvgIpc) is 2.41. The van der Waals surface area contributed by atoms with Crippen LogP contribution in [0.2, 0.25) is 0 Å². The highest BCUT2D eigenvalue weighted by atomic mass is 16.2. The zero-order chi connectivity index (χ0) is 14.0. The van der Waals surface area contributed by atoms with Crippen LogP contribution >= 0.6 is 0 Å². The van der Waals surface area contributed by atoms with Gasteiger partial charge >= 0.3 is 0 Å². The van der Waals surface area contributed by atoms with Crippen LogP contribution in [0.1, 0.15) is 32.4 Å². The molecule has 1 heterocycles. The van der Waals surface area contributed by atoms with Gasteiger partial charge in [0.1, 0.15) is 6.04 Å². The fraction of sp³-hybridized carbons (Fsp3) is 0.533. The summed E-state index contributed by atoms with van der Waals surface area (Å²) in [7, 11) is 0. The van der Waals surface area contributed by atoms with E-state index < -0.39 is 0 Å². The molecule has 0 aromatic heterocycles. The molecule has 1 fully saturated rings. The molecule has 0 spiro atoms. The molecule has 1 aromatic carbocycles. The summed E-state index contributed by atoms with van der Waals surface area (Å²) in [5.74, 6) is 0.0320. The summed E-state index contributed by atoms with van der Waals surface area (Å²) < 4.78 is 0. The first-order chi connectivity index (χ1) is 8.97. The van der Waals surface area contributed by atoms with E-state index in [1.807, 2.05) is 18.2 Å². The van der Waals surface area contributed by atoms with Crippen LogP contribution in [0.3, 0.4) is 0 Å². The van der Waals surface area contributed by atoms with E-state index in [0.29, 0.717) is 13.1 Å². The summed E-state index contributed by atoms with van der Waals surface area (Å²) in [5.41, 5.74) is 6.93. The number of carbonyl (C=O) groups is 1. The molecule has 2 atom stereocenters. The van der Waals surface area contributed by atoms with Crippen molar-refractivity contribution in [2.75, 3.05) is 13.1 Å². The van der Waals surface area contributed by atoms with Crippen molar-refractivity contribution in [1.29, 1.82) is 0 Å². The van der Waals surface area contributed by atoms with Crippen molar-refractivity contribution in [2.45, 2.75) is 38.4 Å². The van der Waals surface area contributed by atoms with E-state index in [9.17, 15) is 4.79 Å². The summed E-state index contributed by atoms with van der Waals surface area (Å²) in [4.78, 5) is 14.3. The SMILES string of the molecule is CC(c1ccccc1)N1C(CN)C(=O)NCC1(C)C. The summed E-state index contributed by atoms with van der Waals surface area (Å²) >= 11 is 0. The van der Waals surface area contributed by atoms with Gasteiger partial charge in [-0.3, -0.25) is 9.69 Å². The van der Waals surface area contributed by atoms with Crippen molar-refractivity contribution in [3.05, 3.63) is 35.9 Å². The predicted molar refractivity (Wildman–Crippen MR) is 76.6 cm³/mol. The van der Waals surface area contributed by atoms with E-state index in [2.05, 4.69) is 43.1 Å². The van der Waals surface area contributed by atoms with Crippen LogP contribution in [0.5, 0.6) is 0 Å². The fourth-order valence-corrected chi connectivity index (χ4v) is 2.97. The van der Waals surface area contributed by atoms with Crippen molar-refractivity contribution in [2.24, 2.45) is 5.73 Å². The molecule has 1 aliphatic heterocycles. The van der Waals surface area contributed by atoms with Gasteiger partial charge < -0.3 is 11.1 Å². The molecule has 1 amide bonds. The molecular formula is C15H23N3O. The third-order valence-electron chi connectivity index (χ3n) is 3.96. The molecule has 1 aromatic rings. The smallest absolute Gasteiger partial charge is 0.238 e. The van der Waals surface area contributed by atoms with E-state index in [-0.39, 0.29) is 23.5 Å². The number of nitrogens with one attached hydrogen (secondary N) is 1. The maximum atomic E-state index is 12.0. The standard InChI is InChI=1S/C15H23N3O/c1-11(12-7-5-4-6-8-12)18-13(9-16)14(19)17-10-15(18,2)3/h4-8,11,13H,9-10,16H2,1-3H3,(H,17,19). The molecule has 1 saturated heterocycles. The van der Waals surface area contributed by atoms with E-state index in [0.717, 1.165) is 0 Å². The fourth-order valence-electron chi connectivity index (χ4n) is 2.97. The van der Waals surface area contributed by atoms with Crippen LogP contribution in [0.4, 0.5) is 0 Å². The lowest BCUT2D eigenvalue weighted by Crippen LogP contribution is -2.67. The third kappa shape index (κ3) is 2.65. The van der Waals surface area contributed by atoms with Crippen LogP contribution in [0, 0.1) is 0 Å². The van der Waals surface area contributed by atoms with Crippen LogP contribution in [-0.4, -0.2) is 35.5 Å². The van der Waals surface area contributed by atoms with Gasteiger partial charge in [-0.25, -0.2) is 0 Å². The van der Waals surface area contributed by atoms with Crippen molar-refractivity contribution < 1.29 is 4.79 Å². The summed E-state index contributed by atoms with van der Waals surface area (Å²) in [6, 6.07) is 10.2. The van der Waals surface area contributed by atoms with Crippen LogP contribution < -0.4 is 11.1 Å². The molecule has 1 aliphatic rings. The lowest BCUT2D eigenvalue weighted by atomic mass is 9.91. The van der Waals surface area contributed by atoms with Gasteiger partial charge in [-0.2, -0.15) is 0 Å². The summed E-state index contributed by atoms with van der Waals surface area (Å²) in [6.07, 6.45) is 0. The Bertz CT molecular complexity index is 444. The Balaban J connectivity index is 2.34. The minimum atomic E-state index is -0.265. The van der Waals surface area contributed by atoms with Gasteiger partial charge in [0, 0.05) is 24.7 Å². The maximum absolute atomic E-state index is 12.0. The maximum Gasteiger partial charge on any atom is 0.238 e. The first kappa shape index (κ1) is 14.0. The highest BCUT2D eigenvalue weighted by Gasteiger charge is 2.43. The van der Waals surface area contributed by atoms with Crippen molar-refractivity contribution in [3.63, 3.8) is 0 Å². The van der Waals surface area contributed by atoms with Crippen LogP contribution in [0.25, 0.3) is 0 Å². The number of amides is 1. The minimum absolute atomic E-state index is 0.0320. The molecule has 19 heavy (non-hydrogen) atoms. The molecule has 4 nitrogen and oxygen atoms in total. The van der Waals surface area contributed by atoms with Crippen LogP contribution in [-0.2, 0) is 4.79 Å². The molecule has 2 rings (SSSR count). The normalized spacial score (nSPS) is 24.8. The first-order valence-corrected chi connectivity index (χ1v) is 6.78. The summed E-state index contributed by atoms with van der Waals surface area (Å²) in [5, 5.41) is 2.95. The Labute approximate surface area is 115 Å². The van der Waals surface area contributed by atoms with E-state index in [1.54, 1.807) is 0 Å². The number of hydrogen-bond donors (Lipinski definition) is 2. The summed E-state index contributed by atoms with van der Waals surface area (Å²) in [6.45, 7) is 7.42. The van der Waals surface area contributed by atoms with Crippen LogP contribution in [0.15, 0.2) is 30.3 Å². The monoisotopic (exact) mass is 261 g/mol. The highest BCUT2D eigenvalue weighted by Crippen LogP contribution is 2.32. The number of benzene rings is 1. The Hall–Kier alpha value is -1.39. The van der Waals surface area contributed by atoms with Gasteiger partial charge in [-0.1, -0.05) is 30.3 Å². The largest absolute Gasteiger partial charge is 0.353 e. The first-order valence-electron chi connectivity index (χ1n) is 6.78. The minimum Gasteiger partial charge on any atom is -0.353 e. The molecule has 0 saturated carbocycles. The van der Waals surface area contributed by atoms with Gasteiger partial charge in [0.2, 0.25) is 5.91 Å². The second-order valence-electron chi connectivity index (χ2n) is 5.78. The van der Waals surface area contributed by atoms with E-state index in [1.165, 1.54) is 5.56 Å². The van der Waals surface area contributed by atoms with Crippen molar-refractivity contribution >= 4 is 5.91 Å². The Morgan fingerprint density at radius 2 is 2.05 bits per heavy atom. The predicted octanol–water partition coefficient (Wildman–Crippen LogP) is 1.29. The number of hydrogen-bond acceptors (Lipinski definition) is 3. The van der Waals surface area contributed by atoms with Gasteiger partial charge in [0.15, 0.2) is 0 Å². The number of carbonyl (C=O) groups excluding carboxylic acids is 1. The molecule has 0 bridgehead atoms. The topological polar surface area (TPSA) is 58.4 Å². The van der Waals surface area contributed by atoms with Gasteiger partial charge in [0.25, 0.3) is 0 Å². The second kappa shape index (κ2) is 5.31. The van der Waals surface area contributed by atoms with E-state index >= 15 is 0 Å². The molecule has 0 radical (unpaired) electrons. The zero-order valence-corrected chi connectivity index (χ0v) is 11.9. The zero-order valence-electron chi connectivity index (χ0n) is 11.9. The Morgan fingerprint density at radius 3 is 2.63 bits per heavy atom. The molecule has 2 unspecified atom stereocenters. The number of nitrogens with two attached hydrogens (primary N) is 1. The molecular weight excluding hydrogens is 238 g/mol. The van der Waals surface area contributed by atoms with Gasteiger partial charge in [0.05, 0.1) is 0 Å². The van der Waals surface area contributed by atoms with Crippen molar-refractivity contribution in [1.82, 2.24) is 10.2 Å². The Kier molecular flexibility index (Phi) is 3.92. The van der Waals surface area contributed by atoms with Gasteiger partial charge in [-0.15, -0.1) is 0 Å². The lowest BCUT2D eigenvalue weighted by Gasteiger charge is -2.50. The number of nitrogens with zero attached hydrogens (tertiary/aromatic N) is 1. The Morgan fingerprint density at radius 1 is 1.42 bits per heavy atom. The average molecular weight is 261 g/mol. The lowest BCUT2D eigenvalue weighted by molar-refractivity contribution is -0.136. The molecule has 4 heteroatoms.